The molecule has 0 fully saturated rings. The summed E-state index contributed by atoms with van der Waals surface area (Å²) in [6.45, 7) is 0. The predicted octanol–water partition coefficient (Wildman–Crippen LogP) is -1.79. The zero-order chi connectivity index (χ0) is 2.00. The van der Waals surface area contributed by atoms with Crippen molar-refractivity contribution in [3.8, 4) is 0 Å². The Morgan fingerprint density at radius 2 is 0.833 bits per heavy atom. The number of rotatable bonds is 0. The zero-order valence-electron chi connectivity index (χ0n) is 2.48. The molecule has 0 heterocycles. The third-order valence-electron chi connectivity index (χ3n) is 0. The van der Waals surface area contributed by atoms with Crippen LogP contribution >= 0.6 is 10.1 Å². The monoisotopic (exact) mass is 215 g/mol. The molecule has 6 heavy (non-hydrogen) atoms. The van der Waals surface area contributed by atoms with Gasteiger partial charge in [0.05, 0.1) is 0 Å². The molecule has 0 atom stereocenters. The summed E-state index contributed by atoms with van der Waals surface area (Å²) < 4.78 is 0. The maximum atomic E-state index is 4.20. The van der Waals surface area contributed by atoms with Crippen LogP contribution in [0.3, 0.4) is 0 Å². The van der Waals surface area contributed by atoms with Crippen molar-refractivity contribution in [2.45, 2.75) is 0 Å². The molecule has 0 saturated heterocycles. The SMILES string of the molecule is O.O.O.[Cl][Cu].[Cu]. The van der Waals surface area contributed by atoms with Crippen LogP contribution in [0.4, 0.5) is 0 Å². The van der Waals surface area contributed by atoms with E-state index in [9.17, 15) is 0 Å². The van der Waals surface area contributed by atoms with Crippen LogP contribution in [0.25, 0.3) is 0 Å². The first-order chi connectivity index (χ1) is 1.00. The molecular weight excluding hydrogens is 211 g/mol. The van der Waals surface area contributed by atoms with Crippen molar-refractivity contribution >= 4 is 10.1 Å². The molecule has 0 bridgehead atoms. The van der Waals surface area contributed by atoms with Gasteiger partial charge in [-0.05, 0) is 0 Å². The van der Waals surface area contributed by atoms with Crippen LogP contribution in [-0.2, 0) is 32.2 Å². The minimum atomic E-state index is 0. The number of hydrogen-bond donors (Lipinski definition) is 0. The molecule has 0 spiro atoms. The number of hydrogen-bond acceptors (Lipinski definition) is 0. The molecule has 0 aromatic heterocycles. The molecule has 0 saturated carbocycles. The van der Waals surface area contributed by atoms with Crippen molar-refractivity contribution in [2.75, 3.05) is 0 Å². The van der Waals surface area contributed by atoms with Gasteiger partial charge >= 0.3 is 25.2 Å². The Morgan fingerprint density at radius 3 is 0.833 bits per heavy atom. The van der Waals surface area contributed by atoms with E-state index in [1.54, 1.807) is 0 Å². The van der Waals surface area contributed by atoms with Crippen LogP contribution < -0.4 is 0 Å². The van der Waals surface area contributed by atoms with Gasteiger partial charge in [-0.15, -0.1) is 0 Å². The second-order valence-electron chi connectivity index (χ2n) is 0. The average Bonchev–Trinajstić information content (AvgIpc) is 1.00. The van der Waals surface area contributed by atoms with Crippen molar-refractivity contribution in [1.29, 1.82) is 0 Å². The minimum Gasteiger partial charge on any atom is 0 e. The van der Waals surface area contributed by atoms with E-state index in [1.165, 1.54) is 0 Å². The first kappa shape index (κ1) is 57.0. The molecule has 3 nitrogen and oxygen atoms in total. The van der Waals surface area contributed by atoms with Crippen molar-refractivity contribution in [3.05, 3.63) is 0 Å². The van der Waals surface area contributed by atoms with E-state index < -0.39 is 0 Å². The summed E-state index contributed by atoms with van der Waals surface area (Å²) >= 11 is 3.66. The molecule has 0 aliphatic rings. The molecule has 0 aliphatic heterocycles. The molecule has 0 aromatic carbocycles. The summed E-state index contributed by atoms with van der Waals surface area (Å²) in [5, 5.41) is 0. The first-order valence-corrected chi connectivity index (χ1v) is 1.41. The van der Waals surface area contributed by atoms with Crippen molar-refractivity contribution in [1.82, 2.24) is 0 Å². The largest absolute Gasteiger partial charge is 0 e. The van der Waals surface area contributed by atoms with Crippen LogP contribution in [0, 0.1) is 0 Å². The Labute approximate surface area is 58.9 Å². The van der Waals surface area contributed by atoms with Gasteiger partial charge in [-0.2, -0.15) is 0 Å². The summed E-state index contributed by atoms with van der Waals surface area (Å²) in [5.74, 6) is 0. The van der Waals surface area contributed by atoms with E-state index in [0.29, 0.717) is 0 Å². The molecule has 6 heteroatoms. The predicted molar refractivity (Wildman–Crippen MR) is 16.7 cm³/mol. The van der Waals surface area contributed by atoms with E-state index in [0.717, 1.165) is 0 Å². The Bertz CT molecular complexity index is 8.75. The van der Waals surface area contributed by atoms with E-state index in [4.69, 9.17) is 0 Å². The zero-order valence-corrected chi connectivity index (χ0v) is 5.12. The maximum absolute atomic E-state index is 4.20. The summed E-state index contributed by atoms with van der Waals surface area (Å²) in [6, 6.07) is 0. The molecule has 0 rings (SSSR count). The Kier molecular flexibility index (Phi) is 1090. The van der Waals surface area contributed by atoms with Crippen LogP contribution in [0.1, 0.15) is 0 Å². The molecule has 6 N–H and O–H groups in total. The van der Waals surface area contributed by atoms with Crippen LogP contribution in [-0.4, -0.2) is 16.4 Å². The molecule has 0 unspecified atom stereocenters. The second-order valence-corrected chi connectivity index (χ2v) is 0. The molecular formula is H6ClCu2O3. The summed E-state index contributed by atoms with van der Waals surface area (Å²) in [4.78, 5) is 0. The van der Waals surface area contributed by atoms with E-state index in [2.05, 4.69) is 25.2 Å². The maximum Gasteiger partial charge on any atom is 0 e. The second kappa shape index (κ2) is 115. The summed E-state index contributed by atoms with van der Waals surface area (Å²) in [7, 11) is 4.20. The molecule has 0 amide bonds. The fourth-order valence-corrected chi connectivity index (χ4v) is 0. The van der Waals surface area contributed by atoms with E-state index in [1.807, 2.05) is 0 Å². The van der Waals surface area contributed by atoms with Gasteiger partial charge in [-0.3, -0.25) is 0 Å². The van der Waals surface area contributed by atoms with Gasteiger partial charge in [-0.25, -0.2) is 0 Å². The first-order valence-electron chi connectivity index (χ1n) is 0.114. The Hall–Kier alpha value is 1.21. The van der Waals surface area contributed by atoms with E-state index >= 15 is 0 Å². The summed E-state index contributed by atoms with van der Waals surface area (Å²) in [6.07, 6.45) is 0. The minimum absolute atomic E-state index is 0. The molecule has 1 radical (unpaired) electrons. The number of halogens is 1. The van der Waals surface area contributed by atoms with Crippen LogP contribution in [0.2, 0.25) is 0 Å². The molecule has 53 valence electrons. The summed E-state index contributed by atoms with van der Waals surface area (Å²) in [5.41, 5.74) is 0. The standard InChI is InChI=1S/ClH.2Cu.3H2O/h1H;;;3*1H2/q;;+1;;;/p-1. The van der Waals surface area contributed by atoms with Gasteiger partial charge < -0.3 is 16.4 Å². The molecule has 0 aromatic rings. The van der Waals surface area contributed by atoms with Crippen LogP contribution in [0.15, 0.2) is 0 Å². The van der Waals surface area contributed by atoms with Crippen LogP contribution in [0.5, 0.6) is 0 Å². The quantitative estimate of drug-likeness (QED) is 0.428. The van der Waals surface area contributed by atoms with Gasteiger partial charge in [0.1, 0.15) is 0 Å². The molecule has 0 aliphatic carbocycles. The Balaban J connectivity index is -0.000000000833. The fourth-order valence-electron chi connectivity index (χ4n) is 0. The van der Waals surface area contributed by atoms with Gasteiger partial charge in [0.25, 0.3) is 0 Å². The third kappa shape index (κ3) is 63.1. The van der Waals surface area contributed by atoms with Crippen molar-refractivity contribution in [3.63, 3.8) is 0 Å². The Morgan fingerprint density at radius 1 is 0.833 bits per heavy atom. The fraction of sp³-hybridized carbons (Fsp3) is 0. The van der Waals surface area contributed by atoms with Gasteiger partial charge in [0.15, 0.2) is 0 Å². The van der Waals surface area contributed by atoms with Crippen molar-refractivity contribution < 1.29 is 48.6 Å². The topological polar surface area (TPSA) is 94.5 Å². The smallest absolute Gasteiger partial charge is 0 e. The van der Waals surface area contributed by atoms with Gasteiger partial charge in [-0.1, -0.05) is 0 Å². The van der Waals surface area contributed by atoms with Gasteiger partial charge in [0, 0.05) is 17.1 Å². The van der Waals surface area contributed by atoms with Gasteiger partial charge in [0.2, 0.25) is 0 Å². The van der Waals surface area contributed by atoms with E-state index in [-0.39, 0.29) is 33.5 Å². The van der Waals surface area contributed by atoms with Crippen molar-refractivity contribution in [2.24, 2.45) is 0 Å². The third-order valence-corrected chi connectivity index (χ3v) is 0. The average molecular weight is 217 g/mol. The normalized spacial score (nSPS) is 1.17.